The number of aromatic nitrogens is 1. The quantitative estimate of drug-likeness (QED) is 0.595. The Hall–Kier alpha value is -2.70. The Bertz CT molecular complexity index is 964. The van der Waals surface area contributed by atoms with Gasteiger partial charge in [-0.05, 0) is 42.2 Å². The summed E-state index contributed by atoms with van der Waals surface area (Å²) in [6.45, 7) is 3.47. The van der Waals surface area contributed by atoms with Gasteiger partial charge in [0.25, 0.3) is 0 Å². The first kappa shape index (κ1) is 20.6. The minimum Gasteiger partial charge on any atom is -0.379 e. The Morgan fingerprint density at radius 3 is 2.70 bits per heavy atom. The molecule has 2 N–H and O–H groups in total. The number of para-hydroxylation sites is 1. The van der Waals surface area contributed by atoms with Gasteiger partial charge in [-0.1, -0.05) is 30.3 Å². The number of morpholine rings is 1. The number of aryl methyl sites for hydroxylation is 1. The summed E-state index contributed by atoms with van der Waals surface area (Å²) in [7, 11) is 0. The first-order valence-electron chi connectivity index (χ1n) is 10.6. The molecule has 4 rings (SSSR count). The third-order valence-corrected chi connectivity index (χ3v) is 5.76. The van der Waals surface area contributed by atoms with Crippen LogP contribution in [0.3, 0.4) is 0 Å². The van der Waals surface area contributed by atoms with Gasteiger partial charge in [0.1, 0.15) is 5.82 Å². The number of nitrogens with zero attached hydrogens (tertiary/aromatic N) is 1. The average Bonchev–Trinajstić information content (AvgIpc) is 3.19. The summed E-state index contributed by atoms with van der Waals surface area (Å²) in [4.78, 5) is 18.1. The molecule has 1 saturated heterocycles. The molecule has 6 heteroatoms. The van der Waals surface area contributed by atoms with Crippen LogP contribution >= 0.6 is 0 Å². The zero-order chi connectivity index (χ0) is 20.8. The van der Waals surface area contributed by atoms with E-state index in [-0.39, 0.29) is 17.8 Å². The van der Waals surface area contributed by atoms with E-state index in [1.54, 1.807) is 12.1 Å². The van der Waals surface area contributed by atoms with Crippen molar-refractivity contribution >= 4 is 16.8 Å². The molecule has 1 aliphatic rings. The molecule has 0 radical (unpaired) electrons. The second-order valence-electron chi connectivity index (χ2n) is 7.73. The van der Waals surface area contributed by atoms with E-state index in [2.05, 4.69) is 27.3 Å². The summed E-state index contributed by atoms with van der Waals surface area (Å²) in [5.74, 6) is -0.198. The molecule has 1 unspecified atom stereocenters. The van der Waals surface area contributed by atoms with Crippen molar-refractivity contribution in [3.05, 3.63) is 71.7 Å². The van der Waals surface area contributed by atoms with Crippen molar-refractivity contribution in [1.82, 2.24) is 15.2 Å². The fraction of sp³-hybridized carbons (Fsp3) is 0.375. The van der Waals surface area contributed by atoms with E-state index in [0.717, 1.165) is 37.0 Å². The third-order valence-electron chi connectivity index (χ3n) is 5.76. The molecule has 1 fully saturated rings. The molecule has 2 aromatic carbocycles. The number of nitrogens with one attached hydrogen (secondary N) is 2. The van der Waals surface area contributed by atoms with Gasteiger partial charge in [-0.25, -0.2) is 4.39 Å². The van der Waals surface area contributed by atoms with E-state index in [4.69, 9.17) is 4.74 Å². The number of rotatable bonds is 8. The van der Waals surface area contributed by atoms with Crippen molar-refractivity contribution in [3.8, 4) is 0 Å². The number of halogens is 1. The van der Waals surface area contributed by atoms with Gasteiger partial charge < -0.3 is 15.0 Å². The molecule has 158 valence electrons. The first-order chi connectivity index (χ1) is 14.7. The number of carbonyl (C=O) groups is 1. The van der Waals surface area contributed by atoms with Crippen molar-refractivity contribution in [1.29, 1.82) is 0 Å². The highest BCUT2D eigenvalue weighted by Crippen LogP contribution is 2.22. The second-order valence-corrected chi connectivity index (χ2v) is 7.73. The number of amides is 1. The minimum absolute atomic E-state index is 0.0204. The van der Waals surface area contributed by atoms with Gasteiger partial charge in [-0.3, -0.25) is 9.69 Å². The number of hydrogen-bond donors (Lipinski definition) is 2. The average molecular weight is 410 g/mol. The summed E-state index contributed by atoms with van der Waals surface area (Å²) < 4.78 is 18.8. The molecule has 1 atom stereocenters. The summed E-state index contributed by atoms with van der Waals surface area (Å²) in [6.07, 6.45) is 4.18. The molecule has 30 heavy (non-hydrogen) atoms. The van der Waals surface area contributed by atoms with Crippen LogP contribution in [-0.2, 0) is 16.0 Å². The highest BCUT2D eigenvalue weighted by atomic mass is 19.1. The maximum atomic E-state index is 13.4. The van der Waals surface area contributed by atoms with Gasteiger partial charge in [-0.15, -0.1) is 0 Å². The summed E-state index contributed by atoms with van der Waals surface area (Å²) in [5.41, 5.74) is 3.39. The van der Waals surface area contributed by atoms with Crippen LogP contribution in [0.5, 0.6) is 0 Å². The highest BCUT2D eigenvalue weighted by Gasteiger charge is 2.23. The van der Waals surface area contributed by atoms with Crippen LogP contribution in [0, 0.1) is 5.82 Å². The Balaban J connectivity index is 1.31. The zero-order valence-electron chi connectivity index (χ0n) is 17.1. The molecule has 0 saturated carbocycles. The van der Waals surface area contributed by atoms with E-state index in [0.29, 0.717) is 26.2 Å². The van der Waals surface area contributed by atoms with Crippen LogP contribution in [-0.4, -0.2) is 48.6 Å². The maximum Gasteiger partial charge on any atom is 0.220 e. The highest BCUT2D eigenvalue weighted by molar-refractivity contribution is 5.83. The number of fused-ring (bicyclic) bond motifs is 1. The lowest BCUT2D eigenvalue weighted by Gasteiger charge is -2.35. The van der Waals surface area contributed by atoms with Gasteiger partial charge in [0.15, 0.2) is 0 Å². The van der Waals surface area contributed by atoms with Crippen LogP contribution in [0.1, 0.15) is 30.0 Å². The van der Waals surface area contributed by atoms with Crippen molar-refractivity contribution < 1.29 is 13.9 Å². The Labute approximate surface area is 176 Å². The number of aromatic amines is 1. The first-order valence-corrected chi connectivity index (χ1v) is 10.6. The lowest BCUT2D eigenvalue weighted by molar-refractivity contribution is -0.121. The van der Waals surface area contributed by atoms with Gasteiger partial charge in [0, 0.05) is 43.2 Å². The number of carbonyl (C=O) groups excluding carboxylic acids is 1. The van der Waals surface area contributed by atoms with Gasteiger partial charge in [0.05, 0.1) is 19.3 Å². The smallest absolute Gasteiger partial charge is 0.220 e. The van der Waals surface area contributed by atoms with Crippen molar-refractivity contribution in [2.45, 2.75) is 25.3 Å². The predicted molar refractivity (Wildman–Crippen MR) is 116 cm³/mol. The summed E-state index contributed by atoms with van der Waals surface area (Å²) >= 11 is 0. The molecule has 5 nitrogen and oxygen atoms in total. The minimum atomic E-state index is -0.249. The lowest BCUT2D eigenvalue weighted by atomic mass is 10.0. The zero-order valence-corrected chi connectivity index (χ0v) is 17.1. The number of ether oxygens (including phenoxy) is 1. The fourth-order valence-corrected chi connectivity index (χ4v) is 4.11. The molecule has 0 bridgehead atoms. The van der Waals surface area contributed by atoms with Crippen molar-refractivity contribution in [2.75, 3.05) is 32.8 Å². The van der Waals surface area contributed by atoms with Crippen molar-refractivity contribution in [2.24, 2.45) is 0 Å². The second kappa shape index (κ2) is 9.87. The standard InChI is InChI=1S/C24H28FN3O2/c25-20-10-8-18(9-11-20)23(28-12-14-30-15-13-28)17-27-24(29)7-3-4-19-16-26-22-6-2-1-5-21(19)22/h1-2,5-6,8-11,16,23,26H,3-4,7,12-15,17H2,(H,27,29). The molecule has 1 amide bonds. The largest absolute Gasteiger partial charge is 0.379 e. The Morgan fingerprint density at radius 1 is 1.13 bits per heavy atom. The van der Waals surface area contributed by atoms with Crippen LogP contribution < -0.4 is 5.32 Å². The maximum absolute atomic E-state index is 13.4. The van der Waals surface area contributed by atoms with Crippen LogP contribution in [0.25, 0.3) is 10.9 Å². The van der Waals surface area contributed by atoms with Crippen LogP contribution in [0.4, 0.5) is 4.39 Å². The monoisotopic (exact) mass is 409 g/mol. The molecule has 0 spiro atoms. The van der Waals surface area contributed by atoms with E-state index < -0.39 is 0 Å². The Kier molecular flexibility index (Phi) is 6.77. The normalized spacial score (nSPS) is 15.9. The summed E-state index contributed by atoms with van der Waals surface area (Å²) in [5, 5.41) is 4.31. The number of benzene rings is 2. The van der Waals surface area contributed by atoms with Gasteiger partial charge in [-0.2, -0.15) is 0 Å². The molecule has 3 aromatic rings. The molecular formula is C24H28FN3O2. The number of hydrogen-bond acceptors (Lipinski definition) is 3. The third kappa shape index (κ3) is 5.07. The molecule has 1 aromatic heterocycles. The molecule has 2 heterocycles. The van der Waals surface area contributed by atoms with E-state index in [9.17, 15) is 9.18 Å². The van der Waals surface area contributed by atoms with E-state index in [1.165, 1.54) is 23.1 Å². The van der Waals surface area contributed by atoms with Crippen LogP contribution in [0.15, 0.2) is 54.7 Å². The topological polar surface area (TPSA) is 57.4 Å². The van der Waals surface area contributed by atoms with Gasteiger partial charge in [0.2, 0.25) is 5.91 Å². The Morgan fingerprint density at radius 2 is 1.90 bits per heavy atom. The summed E-state index contributed by atoms with van der Waals surface area (Å²) in [6, 6.07) is 14.8. The molecule has 1 aliphatic heterocycles. The number of H-pyrrole nitrogens is 1. The van der Waals surface area contributed by atoms with Crippen LogP contribution in [0.2, 0.25) is 0 Å². The lowest BCUT2D eigenvalue weighted by Crippen LogP contribution is -2.43. The fourth-order valence-electron chi connectivity index (χ4n) is 4.11. The van der Waals surface area contributed by atoms with Gasteiger partial charge >= 0.3 is 0 Å². The SMILES string of the molecule is O=C(CCCc1c[nH]c2ccccc12)NCC(c1ccc(F)cc1)N1CCOCC1. The van der Waals surface area contributed by atoms with Crippen molar-refractivity contribution in [3.63, 3.8) is 0 Å². The molecular weight excluding hydrogens is 381 g/mol. The van der Waals surface area contributed by atoms with E-state index in [1.807, 2.05) is 18.3 Å². The van der Waals surface area contributed by atoms with E-state index >= 15 is 0 Å². The molecule has 0 aliphatic carbocycles. The predicted octanol–water partition coefficient (Wildman–Crippen LogP) is 3.82.